The molecule has 0 aliphatic carbocycles. The summed E-state index contributed by atoms with van der Waals surface area (Å²) in [5.41, 5.74) is 1.98. The zero-order valence-electron chi connectivity index (χ0n) is 11.3. The van der Waals surface area contributed by atoms with Gasteiger partial charge in [-0.15, -0.1) is 11.6 Å². The molecule has 1 unspecified atom stereocenters. The molecular weight excluding hydrogens is 270 g/mol. The van der Waals surface area contributed by atoms with Crippen LogP contribution in [0.15, 0.2) is 16.5 Å². The van der Waals surface area contributed by atoms with Gasteiger partial charge in [0.15, 0.2) is 0 Å². The van der Waals surface area contributed by atoms with E-state index >= 15 is 0 Å². The maximum Gasteiger partial charge on any atom is 0.128 e. The second kappa shape index (κ2) is 4.97. The molecule has 1 aromatic heterocycles. The molecule has 0 N–H and O–H groups in total. The molecule has 0 bridgehead atoms. The normalized spacial score (nSPS) is 12.8. The lowest BCUT2D eigenvalue weighted by atomic mass is 9.99. The third-order valence-corrected chi connectivity index (χ3v) is 3.88. The van der Waals surface area contributed by atoms with Gasteiger partial charge in [-0.25, -0.2) is 8.78 Å². The van der Waals surface area contributed by atoms with Crippen LogP contribution in [0.2, 0.25) is 0 Å². The maximum absolute atomic E-state index is 14.0. The standard InChI is InChI=1S/C15H15ClF2O/c1-7-5-13(18)11(6-12(7)17)15(16)14-8(2)9(3)19-10(14)4/h5-6,15H,1-4H3. The molecule has 1 atom stereocenters. The number of furan rings is 1. The highest BCUT2D eigenvalue weighted by atomic mass is 35.5. The average molecular weight is 285 g/mol. The molecule has 0 spiro atoms. The van der Waals surface area contributed by atoms with Crippen LogP contribution in [0.5, 0.6) is 0 Å². The van der Waals surface area contributed by atoms with Crippen molar-refractivity contribution in [3.63, 3.8) is 0 Å². The van der Waals surface area contributed by atoms with Crippen LogP contribution in [-0.2, 0) is 0 Å². The number of alkyl halides is 1. The summed E-state index contributed by atoms with van der Waals surface area (Å²) in [4.78, 5) is 0. The van der Waals surface area contributed by atoms with Crippen molar-refractivity contribution in [3.8, 4) is 0 Å². The minimum absolute atomic E-state index is 0.136. The van der Waals surface area contributed by atoms with Crippen LogP contribution < -0.4 is 0 Å². The highest BCUT2D eigenvalue weighted by molar-refractivity contribution is 6.22. The first kappa shape index (κ1) is 14.1. The first-order valence-electron chi connectivity index (χ1n) is 5.99. The molecule has 0 saturated heterocycles. The van der Waals surface area contributed by atoms with Gasteiger partial charge in [0.25, 0.3) is 0 Å². The van der Waals surface area contributed by atoms with Crippen molar-refractivity contribution in [1.29, 1.82) is 0 Å². The summed E-state index contributed by atoms with van der Waals surface area (Å²) in [5, 5.41) is -0.757. The number of benzene rings is 1. The molecule has 0 saturated carbocycles. The summed E-state index contributed by atoms with van der Waals surface area (Å²) in [6.07, 6.45) is 0. The number of hydrogen-bond donors (Lipinski definition) is 0. The molecular formula is C15H15ClF2O. The predicted octanol–water partition coefficient (Wildman–Crippen LogP) is 5.12. The van der Waals surface area contributed by atoms with E-state index in [1.807, 2.05) is 13.8 Å². The van der Waals surface area contributed by atoms with Gasteiger partial charge >= 0.3 is 0 Å². The molecule has 102 valence electrons. The van der Waals surface area contributed by atoms with Gasteiger partial charge < -0.3 is 4.42 Å². The van der Waals surface area contributed by atoms with Gasteiger partial charge in [-0.1, -0.05) is 0 Å². The van der Waals surface area contributed by atoms with Crippen LogP contribution in [0.1, 0.15) is 39.2 Å². The van der Waals surface area contributed by atoms with Crippen molar-refractivity contribution in [1.82, 2.24) is 0 Å². The first-order valence-corrected chi connectivity index (χ1v) is 6.42. The van der Waals surface area contributed by atoms with Gasteiger partial charge in [-0.05, 0) is 51.0 Å². The Labute approximate surface area is 116 Å². The topological polar surface area (TPSA) is 13.1 Å². The van der Waals surface area contributed by atoms with Gasteiger partial charge in [0.05, 0.1) is 5.38 Å². The summed E-state index contributed by atoms with van der Waals surface area (Å²) in [6, 6.07) is 2.32. The van der Waals surface area contributed by atoms with Crippen LogP contribution in [0.4, 0.5) is 8.78 Å². The van der Waals surface area contributed by atoms with Crippen LogP contribution in [0, 0.1) is 39.3 Å². The van der Waals surface area contributed by atoms with Crippen LogP contribution in [0.25, 0.3) is 0 Å². The Morgan fingerprint density at radius 2 is 1.63 bits per heavy atom. The molecule has 0 fully saturated rings. The average Bonchev–Trinajstić information content (AvgIpc) is 2.57. The van der Waals surface area contributed by atoms with Gasteiger partial charge in [0, 0.05) is 11.1 Å². The molecule has 4 heteroatoms. The fourth-order valence-electron chi connectivity index (χ4n) is 2.19. The lowest BCUT2D eigenvalue weighted by molar-refractivity contribution is 0.499. The quantitative estimate of drug-likeness (QED) is 0.698. The van der Waals surface area contributed by atoms with Gasteiger partial charge in [-0.2, -0.15) is 0 Å². The van der Waals surface area contributed by atoms with E-state index in [2.05, 4.69) is 0 Å². The third-order valence-electron chi connectivity index (χ3n) is 3.42. The van der Waals surface area contributed by atoms with Crippen molar-refractivity contribution in [3.05, 3.63) is 57.5 Å². The first-order chi connectivity index (χ1) is 8.82. The van der Waals surface area contributed by atoms with E-state index in [0.717, 1.165) is 23.5 Å². The van der Waals surface area contributed by atoms with E-state index in [4.69, 9.17) is 16.0 Å². The van der Waals surface area contributed by atoms with E-state index in [1.54, 1.807) is 6.92 Å². The fourth-order valence-corrected chi connectivity index (χ4v) is 2.68. The Hall–Kier alpha value is -1.35. The van der Waals surface area contributed by atoms with E-state index < -0.39 is 17.0 Å². The maximum atomic E-state index is 14.0. The van der Waals surface area contributed by atoms with Crippen LogP contribution in [-0.4, -0.2) is 0 Å². The summed E-state index contributed by atoms with van der Waals surface area (Å²) >= 11 is 6.32. The largest absolute Gasteiger partial charge is 0.466 e. The predicted molar refractivity (Wildman–Crippen MR) is 71.7 cm³/mol. The third kappa shape index (κ3) is 2.39. The molecule has 0 aliphatic heterocycles. The Morgan fingerprint density at radius 3 is 2.16 bits per heavy atom. The second-order valence-corrected chi connectivity index (χ2v) is 5.18. The van der Waals surface area contributed by atoms with Gasteiger partial charge in [0.2, 0.25) is 0 Å². The highest BCUT2D eigenvalue weighted by Gasteiger charge is 2.24. The highest BCUT2D eigenvalue weighted by Crippen LogP contribution is 2.37. The molecule has 1 heterocycles. The number of hydrogen-bond acceptors (Lipinski definition) is 1. The van der Waals surface area contributed by atoms with Gasteiger partial charge in [-0.3, -0.25) is 0 Å². The Kier molecular flexibility index (Phi) is 3.68. The summed E-state index contributed by atoms with van der Waals surface area (Å²) in [6.45, 7) is 6.97. The van der Waals surface area contributed by atoms with E-state index in [1.165, 1.54) is 6.92 Å². The molecule has 19 heavy (non-hydrogen) atoms. The number of rotatable bonds is 2. The van der Waals surface area contributed by atoms with Crippen molar-refractivity contribution in [2.24, 2.45) is 0 Å². The zero-order chi connectivity index (χ0) is 14.3. The lowest BCUT2D eigenvalue weighted by Gasteiger charge is -2.13. The Balaban J connectivity index is 2.56. The molecule has 1 nitrogen and oxygen atoms in total. The fraction of sp³-hybridized carbons (Fsp3) is 0.333. The molecule has 0 aliphatic rings. The minimum Gasteiger partial charge on any atom is -0.466 e. The zero-order valence-corrected chi connectivity index (χ0v) is 12.0. The molecule has 0 radical (unpaired) electrons. The summed E-state index contributed by atoms with van der Waals surface area (Å²) < 4.78 is 33.0. The van der Waals surface area contributed by atoms with E-state index in [-0.39, 0.29) is 11.1 Å². The molecule has 0 amide bonds. The SMILES string of the molecule is Cc1cc(F)c(C(Cl)c2c(C)oc(C)c2C)cc1F. The Bertz CT molecular complexity index is 632. The molecule has 2 rings (SSSR count). The summed E-state index contributed by atoms with van der Waals surface area (Å²) in [7, 11) is 0. The van der Waals surface area contributed by atoms with E-state index in [0.29, 0.717) is 11.3 Å². The molecule has 1 aromatic carbocycles. The second-order valence-electron chi connectivity index (χ2n) is 4.74. The van der Waals surface area contributed by atoms with Crippen LogP contribution in [0.3, 0.4) is 0 Å². The van der Waals surface area contributed by atoms with Gasteiger partial charge in [0.1, 0.15) is 23.2 Å². The number of aryl methyl sites for hydroxylation is 3. The van der Waals surface area contributed by atoms with Crippen molar-refractivity contribution in [2.45, 2.75) is 33.1 Å². The minimum atomic E-state index is -0.757. The molecule has 2 aromatic rings. The Morgan fingerprint density at radius 1 is 1.00 bits per heavy atom. The monoisotopic (exact) mass is 284 g/mol. The van der Waals surface area contributed by atoms with E-state index in [9.17, 15) is 8.78 Å². The van der Waals surface area contributed by atoms with Crippen molar-refractivity contribution >= 4 is 11.6 Å². The number of halogens is 3. The van der Waals surface area contributed by atoms with Crippen molar-refractivity contribution < 1.29 is 13.2 Å². The smallest absolute Gasteiger partial charge is 0.128 e. The lowest BCUT2D eigenvalue weighted by Crippen LogP contribution is -2.01. The van der Waals surface area contributed by atoms with Crippen LogP contribution >= 0.6 is 11.6 Å². The summed E-state index contributed by atoms with van der Waals surface area (Å²) in [5.74, 6) is 0.413. The van der Waals surface area contributed by atoms with Crippen molar-refractivity contribution in [2.75, 3.05) is 0 Å².